The Morgan fingerprint density at radius 2 is 1.86 bits per heavy atom. The molecule has 2 rings (SSSR count). The van der Waals surface area contributed by atoms with Gasteiger partial charge in [-0.15, -0.1) is 0 Å². The largest absolute Gasteiger partial charge is 0.350 e. The lowest BCUT2D eigenvalue weighted by Gasteiger charge is -2.27. The number of anilines is 1. The Kier molecular flexibility index (Phi) is 4.45. The van der Waals surface area contributed by atoms with Crippen molar-refractivity contribution in [1.29, 1.82) is 0 Å². The molecule has 0 fully saturated rings. The molecule has 0 spiro atoms. The van der Waals surface area contributed by atoms with Crippen molar-refractivity contribution in [2.75, 3.05) is 11.9 Å². The molecule has 21 heavy (non-hydrogen) atoms. The highest BCUT2D eigenvalue weighted by molar-refractivity contribution is 5.43. The molecule has 3 nitrogen and oxygen atoms in total. The molecule has 0 saturated carbocycles. The highest BCUT2D eigenvalue weighted by Crippen LogP contribution is 2.27. The van der Waals surface area contributed by atoms with Crippen molar-refractivity contribution in [3.05, 3.63) is 53.2 Å². The summed E-state index contributed by atoms with van der Waals surface area (Å²) in [5, 5.41) is 0. The molecule has 1 heterocycles. The van der Waals surface area contributed by atoms with Gasteiger partial charge < -0.3 is 4.90 Å². The summed E-state index contributed by atoms with van der Waals surface area (Å²) < 4.78 is 40.5. The van der Waals surface area contributed by atoms with Gasteiger partial charge in [0, 0.05) is 7.05 Å². The van der Waals surface area contributed by atoms with Crippen LogP contribution in [-0.4, -0.2) is 17.0 Å². The third-order valence-electron chi connectivity index (χ3n) is 3.52. The molecule has 1 aromatic heterocycles. The van der Waals surface area contributed by atoms with Crippen LogP contribution in [0.5, 0.6) is 0 Å². The van der Waals surface area contributed by atoms with E-state index < -0.39 is 17.5 Å². The van der Waals surface area contributed by atoms with Gasteiger partial charge in [0.25, 0.3) is 0 Å². The number of rotatable bonds is 4. The van der Waals surface area contributed by atoms with Gasteiger partial charge in [-0.3, -0.25) is 0 Å². The molecular weight excluding hydrogens is 279 g/mol. The fraction of sp³-hybridized carbons (Fsp3) is 0.333. The molecule has 0 radical (unpaired) electrons. The highest BCUT2D eigenvalue weighted by atomic mass is 19.2. The lowest BCUT2D eigenvalue weighted by molar-refractivity contribution is 0.505. The molecule has 6 heteroatoms. The average Bonchev–Trinajstić information content (AvgIpc) is 2.49. The van der Waals surface area contributed by atoms with Crippen molar-refractivity contribution in [1.82, 2.24) is 9.97 Å². The van der Waals surface area contributed by atoms with E-state index in [1.165, 1.54) is 12.4 Å². The molecule has 1 aromatic carbocycles. The fourth-order valence-corrected chi connectivity index (χ4v) is 2.07. The molecule has 0 N–H and O–H groups in total. The lowest BCUT2D eigenvalue weighted by Crippen LogP contribution is -2.24. The molecule has 2 aromatic rings. The SMILES string of the molecule is CCc1ncnc(N(C)C(C)c2ccc(F)c(F)c2)c1F. The Hall–Kier alpha value is -2.11. The molecule has 0 saturated heterocycles. The molecule has 1 atom stereocenters. The van der Waals surface area contributed by atoms with Crippen molar-refractivity contribution < 1.29 is 13.2 Å². The smallest absolute Gasteiger partial charge is 0.187 e. The highest BCUT2D eigenvalue weighted by Gasteiger charge is 2.20. The topological polar surface area (TPSA) is 29.0 Å². The van der Waals surface area contributed by atoms with Crippen LogP contribution in [0, 0.1) is 17.5 Å². The summed E-state index contributed by atoms with van der Waals surface area (Å²) in [6, 6.07) is 3.27. The average molecular weight is 295 g/mol. The number of hydrogen-bond acceptors (Lipinski definition) is 3. The maximum atomic E-state index is 14.2. The van der Waals surface area contributed by atoms with E-state index in [0.717, 1.165) is 12.1 Å². The first-order valence-electron chi connectivity index (χ1n) is 6.62. The van der Waals surface area contributed by atoms with Gasteiger partial charge in [-0.2, -0.15) is 0 Å². The second-order valence-corrected chi connectivity index (χ2v) is 4.77. The molecular formula is C15H16F3N3. The zero-order chi connectivity index (χ0) is 15.6. The minimum atomic E-state index is -0.926. The van der Waals surface area contributed by atoms with Crippen molar-refractivity contribution in [2.24, 2.45) is 0 Å². The van der Waals surface area contributed by atoms with Crippen LogP contribution in [-0.2, 0) is 6.42 Å². The Morgan fingerprint density at radius 1 is 1.14 bits per heavy atom. The second kappa shape index (κ2) is 6.11. The van der Waals surface area contributed by atoms with Gasteiger partial charge in [-0.25, -0.2) is 23.1 Å². The predicted molar refractivity (Wildman–Crippen MR) is 74.5 cm³/mol. The second-order valence-electron chi connectivity index (χ2n) is 4.77. The third kappa shape index (κ3) is 2.99. The molecule has 112 valence electrons. The zero-order valence-corrected chi connectivity index (χ0v) is 12.1. The molecule has 0 aliphatic carbocycles. The van der Waals surface area contributed by atoms with Gasteiger partial charge in [0.15, 0.2) is 23.3 Å². The quantitative estimate of drug-likeness (QED) is 0.862. The normalized spacial score (nSPS) is 12.3. The summed E-state index contributed by atoms with van der Waals surface area (Å²) in [6.07, 6.45) is 1.75. The van der Waals surface area contributed by atoms with Crippen molar-refractivity contribution in [3.8, 4) is 0 Å². The summed E-state index contributed by atoms with van der Waals surface area (Å²) in [7, 11) is 1.65. The van der Waals surface area contributed by atoms with Gasteiger partial charge in [0.2, 0.25) is 0 Å². The third-order valence-corrected chi connectivity index (χ3v) is 3.52. The van der Waals surface area contributed by atoms with Crippen LogP contribution in [0.3, 0.4) is 0 Å². The van der Waals surface area contributed by atoms with Crippen LogP contribution in [0.25, 0.3) is 0 Å². The van der Waals surface area contributed by atoms with E-state index in [2.05, 4.69) is 9.97 Å². The number of aromatic nitrogens is 2. The standard InChI is InChI=1S/C15H16F3N3/c1-4-13-14(18)15(20-8-19-13)21(3)9(2)10-5-6-11(16)12(17)7-10/h5-9H,4H2,1-3H3. The summed E-state index contributed by atoms with van der Waals surface area (Å²) in [6.45, 7) is 3.56. The van der Waals surface area contributed by atoms with Crippen LogP contribution >= 0.6 is 0 Å². The first-order valence-corrected chi connectivity index (χ1v) is 6.62. The summed E-state index contributed by atoms with van der Waals surface area (Å²) in [4.78, 5) is 9.39. The molecule has 0 amide bonds. The summed E-state index contributed by atoms with van der Waals surface area (Å²) >= 11 is 0. The minimum absolute atomic E-state index is 0.138. The Labute approximate surface area is 121 Å². The van der Waals surface area contributed by atoms with E-state index in [4.69, 9.17) is 0 Å². The van der Waals surface area contributed by atoms with Crippen LogP contribution in [0.15, 0.2) is 24.5 Å². The molecule has 0 aliphatic heterocycles. The van der Waals surface area contributed by atoms with Gasteiger partial charge in [-0.05, 0) is 31.0 Å². The number of benzene rings is 1. The van der Waals surface area contributed by atoms with E-state index >= 15 is 0 Å². The molecule has 0 bridgehead atoms. The monoisotopic (exact) mass is 295 g/mol. The van der Waals surface area contributed by atoms with Gasteiger partial charge in [-0.1, -0.05) is 13.0 Å². The maximum absolute atomic E-state index is 14.2. The van der Waals surface area contributed by atoms with E-state index in [-0.39, 0.29) is 11.9 Å². The van der Waals surface area contributed by atoms with Crippen molar-refractivity contribution in [3.63, 3.8) is 0 Å². The first kappa shape index (κ1) is 15.3. The predicted octanol–water partition coefficient (Wildman–Crippen LogP) is 3.65. The first-order chi connectivity index (χ1) is 9.95. The lowest BCUT2D eigenvalue weighted by atomic mass is 10.1. The number of nitrogens with zero attached hydrogens (tertiary/aromatic N) is 3. The van der Waals surface area contributed by atoms with Crippen LogP contribution in [0.1, 0.15) is 31.1 Å². The molecule has 0 aliphatic rings. The van der Waals surface area contributed by atoms with Crippen molar-refractivity contribution >= 4 is 5.82 Å². The molecule has 1 unspecified atom stereocenters. The van der Waals surface area contributed by atoms with E-state index in [1.807, 2.05) is 0 Å². The number of aryl methyl sites for hydroxylation is 1. The van der Waals surface area contributed by atoms with Crippen LogP contribution in [0.4, 0.5) is 19.0 Å². The maximum Gasteiger partial charge on any atom is 0.187 e. The van der Waals surface area contributed by atoms with E-state index in [1.54, 1.807) is 25.8 Å². The summed E-state index contributed by atoms with van der Waals surface area (Å²) in [5.41, 5.74) is 0.858. The fourth-order valence-electron chi connectivity index (χ4n) is 2.07. The Bertz CT molecular complexity index is 646. The van der Waals surface area contributed by atoms with E-state index in [0.29, 0.717) is 17.7 Å². The van der Waals surface area contributed by atoms with Crippen LogP contribution < -0.4 is 4.90 Å². The zero-order valence-electron chi connectivity index (χ0n) is 12.1. The number of hydrogen-bond donors (Lipinski definition) is 0. The number of halogens is 3. The van der Waals surface area contributed by atoms with Gasteiger partial charge in [0.05, 0.1) is 11.7 Å². The minimum Gasteiger partial charge on any atom is -0.350 e. The Morgan fingerprint density at radius 3 is 2.48 bits per heavy atom. The van der Waals surface area contributed by atoms with Crippen LogP contribution in [0.2, 0.25) is 0 Å². The van der Waals surface area contributed by atoms with Gasteiger partial charge in [0.1, 0.15) is 6.33 Å². The van der Waals surface area contributed by atoms with Crippen molar-refractivity contribution in [2.45, 2.75) is 26.3 Å². The Balaban J connectivity index is 2.34. The van der Waals surface area contributed by atoms with E-state index in [9.17, 15) is 13.2 Å². The van der Waals surface area contributed by atoms with Gasteiger partial charge >= 0.3 is 0 Å². The summed E-state index contributed by atoms with van der Waals surface area (Å²) in [5.74, 6) is -2.18.